The summed E-state index contributed by atoms with van der Waals surface area (Å²) in [6, 6.07) is 0. The van der Waals surface area contributed by atoms with Crippen LogP contribution in [0.2, 0.25) is 0 Å². The fourth-order valence-corrected chi connectivity index (χ4v) is 1.79. The van der Waals surface area contributed by atoms with E-state index in [0.29, 0.717) is 12.1 Å². The van der Waals surface area contributed by atoms with Gasteiger partial charge in [-0.25, -0.2) is 4.79 Å². The first-order valence-electron chi connectivity index (χ1n) is 5.27. The molecular formula is C11H19NO3. The molecule has 0 bridgehead atoms. The Balaban J connectivity index is 2.45. The van der Waals surface area contributed by atoms with Crippen molar-refractivity contribution in [1.29, 1.82) is 0 Å². The number of carboxylic acids is 1. The highest BCUT2D eigenvalue weighted by Crippen LogP contribution is 2.10. The second kappa shape index (κ2) is 5.28. The summed E-state index contributed by atoms with van der Waals surface area (Å²) in [6.45, 7) is 8.13. The molecule has 0 saturated carbocycles. The average Bonchev–Trinajstić information content (AvgIpc) is 2.12. The SMILES string of the molecule is C/C(=C/CN1C[C@@H](C)O[C@@H](C)C1)C(=O)O. The van der Waals surface area contributed by atoms with Gasteiger partial charge in [-0.2, -0.15) is 0 Å². The minimum atomic E-state index is -0.843. The maximum atomic E-state index is 10.6. The maximum absolute atomic E-state index is 10.6. The molecule has 0 aromatic carbocycles. The summed E-state index contributed by atoms with van der Waals surface area (Å²) in [5.74, 6) is -0.843. The van der Waals surface area contributed by atoms with Crippen LogP contribution in [0.15, 0.2) is 11.6 Å². The number of aliphatic carboxylic acids is 1. The molecule has 1 N–H and O–H groups in total. The van der Waals surface area contributed by atoms with Crippen molar-refractivity contribution in [1.82, 2.24) is 4.90 Å². The van der Waals surface area contributed by atoms with Gasteiger partial charge in [-0.05, 0) is 20.8 Å². The van der Waals surface area contributed by atoms with Gasteiger partial charge in [0.25, 0.3) is 0 Å². The third-order valence-corrected chi connectivity index (χ3v) is 2.49. The van der Waals surface area contributed by atoms with E-state index >= 15 is 0 Å². The molecule has 0 spiro atoms. The molecule has 1 rings (SSSR count). The molecule has 4 heteroatoms. The van der Waals surface area contributed by atoms with Gasteiger partial charge in [0, 0.05) is 25.2 Å². The van der Waals surface area contributed by atoms with E-state index in [1.807, 2.05) is 13.8 Å². The first-order chi connectivity index (χ1) is 6.99. The molecule has 86 valence electrons. The largest absolute Gasteiger partial charge is 0.478 e. The van der Waals surface area contributed by atoms with Crippen molar-refractivity contribution in [2.45, 2.75) is 33.0 Å². The fraction of sp³-hybridized carbons (Fsp3) is 0.727. The Morgan fingerprint density at radius 3 is 2.47 bits per heavy atom. The number of hydrogen-bond acceptors (Lipinski definition) is 3. The van der Waals surface area contributed by atoms with Gasteiger partial charge in [0.05, 0.1) is 12.2 Å². The average molecular weight is 213 g/mol. The van der Waals surface area contributed by atoms with E-state index < -0.39 is 5.97 Å². The molecule has 0 radical (unpaired) electrons. The molecule has 0 unspecified atom stereocenters. The van der Waals surface area contributed by atoms with Crippen molar-refractivity contribution in [3.63, 3.8) is 0 Å². The van der Waals surface area contributed by atoms with Crippen molar-refractivity contribution < 1.29 is 14.6 Å². The molecular weight excluding hydrogens is 194 g/mol. The van der Waals surface area contributed by atoms with Crippen molar-refractivity contribution in [2.24, 2.45) is 0 Å². The summed E-state index contributed by atoms with van der Waals surface area (Å²) >= 11 is 0. The number of morpholine rings is 1. The van der Waals surface area contributed by atoms with Crippen LogP contribution >= 0.6 is 0 Å². The van der Waals surface area contributed by atoms with E-state index in [1.54, 1.807) is 13.0 Å². The lowest BCUT2D eigenvalue weighted by molar-refractivity contribution is -0.132. The summed E-state index contributed by atoms with van der Waals surface area (Å²) in [5.41, 5.74) is 0.404. The molecule has 1 fully saturated rings. The molecule has 2 atom stereocenters. The highest BCUT2D eigenvalue weighted by molar-refractivity contribution is 5.85. The maximum Gasteiger partial charge on any atom is 0.330 e. The second-order valence-electron chi connectivity index (χ2n) is 4.17. The van der Waals surface area contributed by atoms with Crippen LogP contribution in [-0.4, -0.2) is 47.8 Å². The van der Waals surface area contributed by atoms with E-state index in [2.05, 4.69) is 4.90 Å². The van der Waals surface area contributed by atoms with E-state index in [1.165, 1.54) is 0 Å². The molecule has 1 heterocycles. The predicted octanol–water partition coefficient (Wildman–Crippen LogP) is 1.13. The summed E-state index contributed by atoms with van der Waals surface area (Å²) in [7, 11) is 0. The van der Waals surface area contributed by atoms with Crippen LogP contribution in [0.3, 0.4) is 0 Å². The second-order valence-corrected chi connectivity index (χ2v) is 4.17. The molecule has 0 aromatic heterocycles. The highest BCUT2D eigenvalue weighted by Gasteiger charge is 2.21. The third-order valence-electron chi connectivity index (χ3n) is 2.49. The Labute approximate surface area is 90.5 Å². The minimum absolute atomic E-state index is 0.229. The van der Waals surface area contributed by atoms with Crippen LogP contribution in [0.4, 0.5) is 0 Å². The van der Waals surface area contributed by atoms with E-state index in [-0.39, 0.29) is 12.2 Å². The number of nitrogens with zero attached hydrogens (tertiary/aromatic N) is 1. The highest BCUT2D eigenvalue weighted by atomic mass is 16.5. The Morgan fingerprint density at radius 1 is 1.47 bits per heavy atom. The van der Waals surface area contributed by atoms with Crippen molar-refractivity contribution >= 4 is 5.97 Å². The van der Waals surface area contributed by atoms with Gasteiger partial charge in [0.1, 0.15) is 0 Å². The number of carbonyl (C=O) groups is 1. The molecule has 1 saturated heterocycles. The Hall–Kier alpha value is -0.870. The molecule has 15 heavy (non-hydrogen) atoms. The smallest absolute Gasteiger partial charge is 0.330 e. The van der Waals surface area contributed by atoms with Crippen LogP contribution in [-0.2, 0) is 9.53 Å². The van der Waals surface area contributed by atoms with E-state index in [0.717, 1.165) is 13.1 Å². The molecule has 0 amide bonds. The van der Waals surface area contributed by atoms with Crippen LogP contribution in [0, 0.1) is 0 Å². The van der Waals surface area contributed by atoms with Gasteiger partial charge in [-0.15, -0.1) is 0 Å². The molecule has 4 nitrogen and oxygen atoms in total. The quantitative estimate of drug-likeness (QED) is 0.714. The number of rotatable bonds is 3. The van der Waals surface area contributed by atoms with Gasteiger partial charge < -0.3 is 9.84 Å². The van der Waals surface area contributed by atoms with Crippen molar-refractivity contribution in [3.8, 4) is 0 Å². The van der Waals surface area contributed by atoms with Gasteiger partial charge in [0.15, 0.2) is 0 Å². The standard InChI is InChI=1S/C11H19NO3/c1-8(11(13)14)4-5-12-6-9(2)15-10(3)7-12/h4,9-10H,5-7H2,1-3H3,(H,13,14)/b8-4-/t9-,10+. The van der Waals surface area contributed by atoms with Gasteiger partial charge >= 0.3 is 5.97 Å². The lowest BCUT2D eigenvalue weighted by Gasteiger charge is -2.34. The van der Waals surface area contributed by atoms with Crippen LogP contribution in [0.1, 0.15) is 20.8 Å². The third kappa shape index (κ3) is 4.01. The van der Waals surface area contributed by atoms with Crippen LogP contribution in [0.25, 0.3) is 0 Å². The lowest BCUT2D eigenvalue weighted by atomic mass is 10.2. The lowest BCUT2D eigenvalue weighted by Crippen LogP contribution is -2.45. The van der Waals surface area contributed by atoms with Gasteiger partial charge in [-0.1, -0.05) is 6.08 Å². The summed E-state index contributed by atoms with van der Waals surface area (Å²) in [6.07, 6.45) is 2.21. The number of ether oxygens (including phenoxy) is 1. The van der Waals surface area contributed by atoms with Crippen molar-refractivity contribution in [3.05, 3.63) is 11.6 Å². The zero-order valence-corrected chi connectivity index (χ0v) is 9.56. The summed E-state index contributed by atoms with van der Waals surface area (Å²) < 4.78 is 5.59. The number of carboxylic acid groups (broad SMARTS) is 1. The number of hydrogen-bond donors (Lipinski definition) is 1. The topological polar surface area (TPSA) is 49.8 Å². The Bertz CT molecular complexity index is 253. The van der Waals surface area contributed by atoms with Crippen molar-refractivity contribution in [2.75, 3.05) is 19.6 Å². The normalized spacial score (nSPS) is 29.1. The summed E-state index contributed by atoms with van der Waals surface area (Å²) in [5, 5.41) is 8.70. The predicted molar refractivity (Wildman–Crippen MR) is 57.8 cm³/mol. The van der Waals surface area contributed by atoms with Crippen LogP contribution in [0.5, 0.6) is 0 Å². The zero-order valence-electron chi connectivity index (χ0n) is 9.56. The molecule has 0 aromatic rings. The Morgan fingerprint density at radius 2 is 2.00 bits per heavy atom. The molecule has 1 aliphatic heterocycles. The first-order valence-corrected chi connectivity index (χ1v) is 5.27. The summed E-state index contributed by atoms with van der Waals surface area (Å²) in [4.78, 5) is 12.8. The van der Waals surface area contributed by atoms with E-state index in [4.69, 9.17) is 9.84 Å². The van der Waals surface area contributed by atoms with Gasteiger partial charge in [0.2, 0.25) is 0 Å². The van der Waals surface area contributed by atoms with E-state index in [9.17, 15) is 4.79 Å². The van der Waals surface area contributed by atoms with Crippen LogP contribution < -0.4 is 0 Å². The first kappa shape index (κ1) is 12.2. The van der Waals surface area contributed by atoms with Gasteiger partial charge in [-0.3, -0.25) is 4.90 Å². The monoisotopic (exact) mass is 213 g/mol. The molecule has 0 aliphatic carbocycles. The Kier molecular flexibility index (Phi) is 4.29. The fourth-order valence-electron chi connectivity index (χ4n) is 1.79. The zero-order chi connectivity index (χ0) is 11.4. The minimum Gasteiger partial charge on any atom is -0.478 e. The molecule has 1 aliphatic rings.